The van der Waals surface area contributed by atoms with Crippen molar-refractivity contribution in [3.63, 3.8) is 0 Å². The molecule has 2 saturated heterocycles. The third-order valence-electron chi connectivity index (χ3n) is 5.17. The van der Waals surface area contributed by atoms with Crippen molar-refractivity contribution in [3.8, 4) is 0 Å². The lowest BCUT2D eigenvalue weighted by molar-refractivity contribution is 0.232. The zero-order valence-electron chi connectivity index (χ0n) is 15.9. The van der Waals surface area contributed by atoms with Crippen LogP contribution >= 0.6 is 24.0 Å². The van der Waals surface area contributed by atoms with Crippen molar-refractivity contribution in [1.29, 1.82) is 0 Å². The first kappa shape index (κ1) is 22.1. The molecule has 0 aliphatic carbocycles. The number of guanidine groups is 1. The molecule has 1 aromatic carbocycles. The Morgan fingerprint density at radius 1 is 1.19 bits per heavy atom. The zero-order valence-corrected chi connectivity index (χ0v) is 18.2. The molecular formula is C19H30F2IN5. The van der Waals surface area contributed by atoms with Crippen LogP contribution in [0.1, 0.15) is 25.7 Å². The number of aliphatic imine (C=N–C) groups is 1. The average Bonchev–Trinajstić information content (AvgIpc) is 3.10. The molecule has 2 N–H and O–H groups in total. The first-order chi connectivity index (χ1) is 12.7. The monoisotopic (exact) mass is 493 g/mol. The summed E-state index contributed by atoms with van der Waals surface area (Å²) in [6.45, 7) is 5.68. The highest BCUT2D eigenvalue weighted by Gasteiger charge is 2.25. The van der Waals surface area contributed by atoms with E-state index in [-0.39, 0.29) is 30.0 Å². The van der Waals surface area contributed by atoms with Gasteiger partial charge in [-0.15, -0.1) is 24.0 Å². The van der Waals surface area contributed by atoms with Crippen LogP contribution in [0.5, 0.6) is 0 Å². The molecule has 27 heavy (non-hydrogen) atoms. The Morgan fingerprint density at radius 2 is 1.96 bits per heavy atom. The highest BCUT2D eigenvalue weighted by Crippen LogP contribution is 2.24. The molecule has 0 saturated carbocycles. The van der Waals surface area contributed by atoms with Gasteiger partial charge < -0.3 is 20.4 Å². The minimum atomic E-state index is -0.543. The molecule has 1 aromatic rings. The molecule has 8 heteroatoms. The second kappa shape index (κ2) is 11.0. The van der Waals surface area contributed by atoms with Gasteiger partial charge in [-0.1, -0.05) is 6.42 Å². The lowest BCUT2D eigenvalue weighted by atomic mass is 10.1. The number of hydrogen-bond acceptors (Lipinski definition) is 3. The number of piperidine rings is 1. The summed E-state index contributed by atoms with van der Waals surface area (Å²) in [5.41, 5.74) is 0.462. The largest absolute Gasteiger partial charge is 0.367 e. The van der Waals surface area contributed by atoms with Crippen molar-refractivity contribution in [2.45, 2.75) is 31.7 Å². The number of nitrogens with one attached hydrogen (secondary N) is 2. The number of anilines is 1. The zero-order chi connectivity index (χ0) is 18.4. The van der Waals surface area contributed by atoms with Gasteiger partial charge in [0.2, 0.25) is 0 Å². The maximum Gasteiger partial charge on any atom is 0.191 e. The molecule has 5 nitrogen and oxygen atoms in total. The molecule has 1 unspecified atom stereocenters. The van der Waals surface area contributed by atoms with Crippen LogP contribution in [0.2, 0.25) is 0 Å². The van der Waals surface area contributed by atoms with Gasteiger partial charge in [0, 0.05) is 45.3 Å². The summed E-state index contributed by atoms with van der Waals surface area (Å²) < 4.78 is 27.0. The summed E-state index contributed by atoms with van der Waals surface area (Å²) in [7, 11) is 1.77. The van der Waals surface area contributed by atoms with E-state index in [0.29, 0.717) is 12.2 Å². The predicted molar refractivity (Wildman–Crippen MR) is 117 cm³/mol. The lowest BCUT2D eigenvalue weighted by Crippen LogP contribution is -2.47. The van der Waals surface area contributed by atoms with Gasteiger partial charge in [-0.2, -0.15) is 0 Å². The molecule has 0 radical (unpaired) electrons. The quantitative estimate of drug-likeness (QED) is 0.376. The molecule has 152 valence electrons. The van der Waals surface area contributed by atoms with Crippen LogP contribution in [0.25, 0.3) is 0 Å². The van der Waals surface area contributed by atoms with Gasteiger partial charge >= 0.3 is 0 Å². The minimum Gasteiger partial charge on any atom is -0.367 e. The summed E-state index contributed by atoms with van der Waals surface area (Å²) in [5, 5.41) is 6.79. The molecule has 0 aromatic heterocycles. The summed E-state index contributed by atoms with van der Waals surface area (Å²) in [6.07, 6.45) is 4.83. The van der Waals surface area contributed by atoms with Crippen LogP contribution in [-0.2, 0) is 0 Å². The first-order valence-electron chi connectivity index (χ1n) is 9.55. The third-order valence-corrected chi connectivity index (χ3v) is 5.17. The number of likely N-dealkylation sites (tertiary alicyclic amines) is 1. The smallest absolute Gasteiger partial charge is 0.191 e. The van der Waals surface area contributed by atoms with Gasteiger partial charge in [0.25, 0.3) is 0 Å². The highest BCUT2D eigenvalue weighted by atomic mass is 127. The Balaban J connectivity index is 0.00000261. The second-order valence-electron chi connectivity index (χ2n) is 7.07. The minimum absolute atomic E-state index is 0. The van der Waals surface area contributed by atoms with E-state index < -0.39 is 11.6 Å². The van der Waals surface area contributed by atoms with Crippen molar-refractivity contribution in [2.75, 3.05) is 51.2 Å². The molecule has 0 amide bonds. The fraction of sp³-hybridized carbons (Fsp3) is 0.632. The van der Waals surface area contributed by atoms with Crippen molar-refractivity contribution < 1.29 is 8.78 Å². The Labute approximate surface area is 177 Å². The van der Waals surface area contributed by atoms with Gasteiger partial charge in [0.15, 0.2) is 5.96 Å². The third kappa shape index (κ3) is 6.44. The predicted octanol–water partition coefficient (Wildman–Crippen LogP) is 2.81. The Kier molecular flexibility index (Phi) is 9.01. The molecule has 2 fully saturated rings. The number of benzene rings is 1. The van der Waals surface area contributed by atoms with Crippen LogP contribution in [0, 0.1) is 11.6 Å². The van der Waals surface area contributed by atoms with E-state index in [4.69, 9.17) is 0 Å². The SMILES string of the molecule is CN=C(NCCN1CCCCC1)NC1CCN(c2ccc(F)cc2F)C1.I. The summed E-state index contributed by atoms with van der Waals surface area (Å²) in [6, 6.07) is 3.96. The molecule has 1 atom stereocenters. The van der Waals surface area contributed by atoms with Gasteiger partial charge in [-0.25, -0.2) is 8.78 Å². The molecule has 3 rings (SSSR count). The number of hydrogen-bond donors (Lipinski definition) is 2. The number of halogens is 3. The van der Waals surface area contributed by atoms with Crippen molar-refractivity contribution in [3.05, 3.63) is 29.8 Å². The number of nitrogens with zero attached hydrogens (tertiary/aromatic N) is 3. The lowest BCUT2D eigenvalue weighted by Gasteiger charge is -2.27. The molecule has 2 aliphatic rings. The standard InChI is InChI=1S/C19H29F2N5.HI/c1-22-19(23-8-12-25-9-3-2-4-10-25)24-16-7-11-26(14-16)18-6-5-15(20)13-17(18)21;/h5-6,13,16H,2-4,7-12,14H2,1H3,(H2,22,23,24);1H. The Hall–Kier alpha value is -1.16. The highest BCUT2D eigenvalue weighted by molar-refractivity contribution is 14.0. The molecule has 2 aliphatic heterocycles. The average molecular weight is 493 g/mol. The van der Waals surface area contributed by atoms with Crippen LogP contribution in [0.15, 0.2) is 23.2 Å². The van der Waals surface area contributed by atoms with Crippen LogP contribution in [0.3, 0.4) is 0 Å². The number of rotatable bonds is 5. The summed E-state index contributed by atoms with van der Waals surface area (Å²) >= 11 is 0. The molecular weight excluding hydrogens is 463 g/mol. The molecule has 2 heterocycles. The summed E-state index contributed by atoms with van der Waals surface area (Å²) in [5.74, 6) is -0.262. The van der Waals surface area contributed by atoms with E-state index in [1.807, 2.05) is 4.90 Å². The maximum absolute atomic E-state index is 14.0. The van der Waals surface area contributed by atoms with E-state index in [0.717, 1.165) is 38.1 Å². The van der Waals surface area contributed by atoms with Gasteiger partial charge in [-0.05, 0) is 44.5 Å². The molecule has 0 spiro atoms. The van der Waals surface area contributed by atoms with E-state index in [9.17, 15) is 8.78 Å². The Morgan fingerprint density at radius 3 is 2.67 bits per heavy atom. The fourth-order valence-corrected chi connectivity index (χ4v) is 3.74. The fourth-order valence-electron chi connectivity index (χ4n) is 3.74. The van der Waals surface area contributed by atoms with Crippen LogP contribution in [0.4, 0.5) is 14.5 Å². The van der Waals surface area contributed by atoms with E-state index in [1.165, 1.54) is 44.5 Å². The van der Waals surface area contributed by atoms with E-state index >= 15 is 0 Å². The normalized spacial score (nSPS) is 21.1. The summed E-state index contributed by atoms with van der Waals surface area (Å²) in [4.78, 5) is 8.73. The van der Waals surface area contributed by atoms with E-state index in [1.54, 1.807) is 7.05 Å². The van der Waals surface area contributed by atoms with Crippen LogP contribution in [-0.4, -0.2) is 63.2 Å². The van der Waals surface area contributed by atoms with Crippen molar-refractivity contribution >= 4 is 35.6 Å². The van der Waals surface area contributed by atoms with Crippen molar-refractivity contribution in [2.24, 2.45) is 4.99 Å². The van der Waals surface area contributed by atoms with E-state index in [2.05, 4.69) is 20.5 Å². The van der Waals surface area contributed by atoms with Gasteiger partial charge in [0.05, 0.1) is 5.69 Å². The van der Waals surface area contributed by atoms with Gasteiger partial charge in [0.1, 0.15) is 11.6 Å². The van der Waals surface area contributed by atoms with Crippen LogP contribution < -0.4 is 15.5 Å². The molecule has 0 bridgehead atoms. The second-order valence-corrected chi connectivity index (χ2v) is 7.07. The maximum atomic E-state index is 14.0. The topological polar surface area (TPSA) is 42.9 Å². The first-order valence-corrected chi connectivity index (χ1v) is 9.55. The van der Waals surface area contributed by atoms with Crippen molar-refractivity contribution in [1.82, 2.24) is 15.5 Å². The van der Waals surface area contributed by atoms with Gasteiger partial charge in [-0.3, -0.25) is 4.99 Å². The Bertz CT molecular complexity index is 622.